The summed E-state index contributed by atoms with van der Waals surface area (Å²) in [5.41, 5.74) is -0.525. The number of aromatic hydroxyl groups is 1. The molecule has 178 valence electrons. The number of hydrogen-bond acceptors (Lipinski definition) is 9. The van der Waals surface area contributed by atoms with E-state index in [9.17, 15) is 24.8 Å². The molecule has 0 bridgehead atoms. The van der Waals surface area contributed by atoms with Gasteiger partial charge in [0.2, 0.25) is 0 Å². The van der Waals surface area contributed by atoms with Crippen molar-refractivity contribution in [2.75, 3.05) is 18.5 Å². The number of nitrogens with zero attached hydrogens (tertiary/aromatic N) is 3. The van der Waals surface area contributed by atoms with Crippen LogP contribution in [0, 0.1) is 21.4 Å². The summed E-state index contributed by atoms with van der Waals surface area (Å²) in [5, 5.41) is 31.9. The number of nitro groups is 1. The molecule has 1 aromatic heterocycles. The molecule has 0 atom stereocenters. The van der Waals surface area contributed by atoms with Crippen molar-refractivity contribution < 1.29 is 24.3 Å². The summed E-state index contributed by atoms with van der Waals surface area (Å²) in [6.07, 6.45) is 2.88. The summed E-state index contributed by atoms with van der Waals surface area (Å²) < 4.78 is 11.2. The highest BCUT2D eigenvalue weighted by molar-refractivity contribution is 5.92. The fraction of sp³-hybridized carbons (Fsp3) is 0.130. The van der Waals surface area contributed by atoms with Crippen LogP contribution in [0.2, 0.25) is 0 Å². The molecule has 35 heavy (non-hydrogen) atoms. The molecule has 0 aliphatic rings. The van der Waals surface area contributed by atoms with Gasteiger partial charge in [0, 0.05) is 5.69 Å². The summed E-state index contributed by atoms with van der Waals surface area (Å²) in [5.74, 6) is -0.811. The van der Waals surface area contributed by atoms with Gasteiger partial charge in [-0.15, -0.1) is 0 Å². The molecule has 0 fully saturated rings. The van der Waals surface area contributed by atoms with Gasteiger partial charge in [-0.2, -0.15) is 10.2 Å². The zero-order chi connectivity index (χ0) is 25.4. The minimum absolute atomic E-state index is 0.0872. The van der Waals surface area contributed by atoms with Crippen LogP contribution in [0.4, 0.5) is 11.4 Å². The highest BCUT2D eigenvalue weighted by atomic mass is 16.6. The van der Waals surface area contributed by atoms with E-state index in [2.05, 4.69) is 15.3 Å². The zero-order valence-electron chi connectivity index (χ0n) is 18.3. The van der Waals surface area contributed by atoms with Crippen molar-refractivity contribution in [3.8, 4) is 23.4 Å². The standard InChI is InChI=1S/C23H19N5O7/c1-2-34-18-11-14(6-10-19-26-22(30)21(28(32)33)23(31)27-19)5-9-17(18)35-13-20(29)25-16-7-3-15(12-24)4-8-16/h3-11H,2,13H2,1H3,(H,25,29)(H2,26,27,30,31)/b10-6+. The molecule has 12 nitrogen and oxygen atoms in total. The molecule has 1 heterocycles. The maximum Gasteiger partial charge on any atom is 0.395 e. The fourth-order valence-corrected chi connectivity index (χ4v) is 2.88. The minimum Gasteiger partial charge on any atom is -0.490 e. The van der Waals surface area contributed by atoms with Gasteiger partial charge in [-0.05, 0) is 55.0 Å². The molecule has 0 saturated heterocycles. The van der Waals surface area contributed by atoms with E-state index in [4.69, 9.17) is 14.7 Å². The van der Waals surface area contributed by atoms with E-state index in [-0.39, 0.29) is 12.4 Å². The molecule has 1 amide bonds. The molecule has 0 aliphatic carbocycles. The number of anilines is 1. The van der Waals surface area contributed by atoms with Gasteiger partial charge >= 0.3 is 11.2 Å². The van der Waals surface area contributed by atoms with Crippen molar-refractivity contribution in [2.24, 2.45) is 0 Å². The minimum atomic E-state index is -1.08. The van der Waals surface area contributed by atoms with E-state index in [1.54, 1.807) is 49.4 Å². The number of benzene rings is 2. The lowest BCUT2D eigenvalue weighted by molar-refractivity contribution is -0.387. The number of carbonyl (C=O) groups is 1. The Labute approximate surface area is 198 Å². The van der Waals surface area contributed by atoms with E-state index in [1.165, 1.54) is 12.2 Å². The van der Waals surface area contributed by atoms with E-state index >= 15 is 0 Å². The number of carbonyl (C=O) groups excluding carboxylic acids is 1. The number of aromatic nitrogens is 2. The summed E-state index contributed by atoms with van der Waals surface area (Å²) >= 11 is 0. The lowest BCUT2D eigenvalue weighted by Gasteiger charge is -2.13. The van der Waals surface area contributed by atoms with Crippen molar-refractivity contribution in [1.82, 2.24) is 9.97 Å². The second kappa shape index (κ2) is 11.1. The number of rotatable bonds is 9. The quantitative estimate of drug-likeness (QED) is 0.308. The first-order chi connectivity index (χ1) is 16.8. The number of nitriles is 1. The van der Waals surface area contributed by atoms with E-state index in [1.807, 2.05) is 6.07 Å². The average molecular weight is 477 g/mol. The van der Waals surface area contributed by atoms with Crippen LogP contribution >= 0.6 is 0 Å². The third-order valence-electron chi connectivity index (χ3n) is 4.44. The second-order valence-corrected chi connectivity index (χ2v) is 6.88. The van der Waals surface area contributed by atoms with Crippen LogP contribution in [-0.4, -0.2) is 39.1 Å². The number of amides is 1. The molecule has 0 aliphatic heterocycles. The summed E-state index contributed by atoms with van der Waals surface area (Å²) in [6, 6.07) is 13.2. The van der Waals surface area contributed by atoms with E-state index in [0.717, 1.165) is 0 Å². The van der Waals surface area contributed by atoms with Crippen LogP contribution in [-0.2, 0) is 4.79 Å². The van der Waals surface area contributed by atoms with Crippen LogP contribution in [0.25, 0.3) is 12.2 Å². The zero-order valence-corrected chi connectivity index (χ0v) is 18.3. The van der Waals surface area contributed by atoms with Gasteiger partial charge in [-0.1, -0.05) is 12.1 Å². The molecule has 0 saturated carbocycles. The van der Waals surface area contributed by atoms with Gasteiger partial charge in [-0.25, -0.2) is 0 Å². The number of hydrogen-bond donors (Lipinski definition) is 3. The molecule has 2 aromatic carbocycles. The highest BCUT2D eigenvalue weighted by Gasteiger charge is 2.21. The Bertz CT molecular complexity index is 1370. The average Bonchev–Trinajstić information content (AvgIpc) is 2.82. The van der Waals surface area contributed by atoms with Crippen LogP contribution < -0.4 is 20.3 Å². The Hall–Kier alpha value is -5.18. The van der Waals surface area contributed by atoms with Crippen molar-refractivity contribution in [3.63, 3.8) is 0 Å². The molecular formula is C23H19N5O7. The van der Waals surface area contributed by atoms with Gasteiger partial charge < -0.3 is 24.9 Å². The first-order valence-electron chi connectivity index (χ1n) is 10.2. The van der Waals surface area contributed by atoms with Gasteiger partial charge in [0.05, 0.1) is 23.2 Å². The van der Waals surface area contributed by atoms with Crippen LogP contribution in [0.3, 0.4) is 0 Å². The Morgan fingerprint density at radius 1 is 1.23 bits per heavy atom. The first kappa shape index (κ1) is 24.5. The van der Waals surface area contributed by atoms with E-state index < -0.39 is 28.0 Å². The Balaban J connectivity index is 1.70. The van der Waals surface area contributed by atoms with Gasteiger partial charge in [0.15, 0.2) is 18.1 Å². The summed E-state index contributed by atoms with van der Waals surface area (Å²) in [6.45, 7) is 1.81. The predicted molar refractivity (Wildman–Crippen MR) is 125 cm³/mol. The molecule has 3 N–H and O–H groups in total. The highest BCUT2D eigenvalue weighted by Crippen LogP contribution is 2.29. The summed E-state index contributed by atoms with van der Waals surface area (Å²) in [4.78, 5) is 39.5. The largest absolute Gasteiger partial charge is 0.490 e. The fourth-order valence-electron chi connectivity index (χ4n) is 2.88. The molecule has 0 unspecified atom stereocenters. The number of ether oxygens (including phenoxy) is 2. The van der Waals surface area contributed by atoms with Crippen molar-refractivity contribution in [3.05, 3.63) is 79.9 Å². The van der Waals surface area contributed by atoms with Gasteiger partial charge in [-0.3, -0.25) is 19.7 Å². The number of H-pyrrole nitrogens is 1. The van der Waals surface area contributed by atoms with Gasteiger partial charge in [0.25, 0.3) is 11.8 Å². The van der Waals surface area contributed by atoms with Crippen molar-refractivity contribution in [2.45, 2.75) is 6.92 Å². The molecular weight excluding hydrogens is 458 g/mol. The Morgan fingerprint density at radius 3 is 2.60 bits per heavy atom. The smallest absolute Gasteiger partial charge is 0.395 e. The molecule has 3 aromatic rings. The maximum atomic E-state index is 12.2. The topological polar surface area (TPSA) is 180 Å². The lowest BCUT2D eigenvalue weighted by atomic mass is 10.2. The molecule has 0 radical (unpaired) electrons. The van der Waals surface area contributed by atoms with Crippen molar-refractivity contribution >= 4 is 29.4 Å². The van der Waals surface area contributed by atoms with Crippen LogP contribution in [0.15, 0.2) is 47.3 Å². The molecule has 12 heteroatoms. The SMILES string of the molecule is CCOc1cc(/C=C/c2nc(O)c([N+](=O)[O-])c(=O)[nH]2)ccc1OCC(=O)Nc1ccc(C#N)cc1. The summed E-state index contributed by atoms with van der Waals surface area (Å²) in [7, 11) is 0. The Morgan fingerprint density at radius 2 is 1.97 bits per heavy atom. The van der Waals surface area contributed by atoms with Crippen LogP contribution in [0.5, 0.6) is 17.4 Å². The van der Waals surface area contributed by atoms with E-state index in [0.29, 0.717) is 34.9 Å². The number of nitrogens with one attached hydrogen (secondary N) is 2. The molecule has 0 spiro atoms. The third-order valence-corrected chi connectivity index (χ3v) is 4.44. The van der Waals surface area contributed by atoms with Crippen molar-refractivity contribution in [1.29, 1.82) is 5.26 Å². The normalized spacial score (nSPS) is 10.5. The van der Waals surface area contributed by atoms with Crippen LogP contribution in [0.1, 0.15) is 23.9 Å². The monoisotopic (exact) mass is 477 g/mol. The third kappa shape index (κ3) is 6.42. The Kier molecular flexibility index (Phi) is 7.76. The number of aromatic amines is 1. The predicted octanol–water partition coefficient (Wildman–Crippen LogP) is 2.84. The second-order valence-electron chi connectivity index (χ2n) is 6.88. The van der Waals surface area contributed by atoms with Gasteiger partial charge in [0.1, 0.15) is 5.82 Å². The lowest BCUT2D eigenvalue weighted by Crippen LogP contribution is -2.20. The molecule has 3 rings (SSSR count). The maximum absolute atomic E-state index is 12.2. The first-order valence-corrected chi connectivity index (χ1v) is 10.2.